The number of fused-ring (bicyclic) bond motifs is 10. The summed E-state index contributed by atoms with van der Waals surface area (Å²) in [6, 6.07) is 46.4. The number of para-hydroxylation sites is 2. The van der Waals surface area contributed by atoms with Crippen molar-refractivity contribution < 1.29 is 4.42 Å². The minimum Gasteiger partial charge on any atom is -0.456 e. The number of rotatable bonds is 3. The Morgan fingerprint density at radius 3 is 2.22 bits per heavy atom. The predicted molar refractivity (Wildman–Crippen MR) is 188 cm³/mol. The van der Waals surface area contributed by atoms with Crippen molar-refractivity contribution in [2.45, 2.75) is 12.5 Å². The average molecular weight is 577 g/mol. The highest BCUT2D eigenvalue weighted by Gasteiger charge is 2.23. The van der Waals surface area contributed by atoms with Gasteiger partial charge in [-0.05, 0) is 66.1 Å². The van der Waals surface area contributed by atoms with Gasteiger partial charge < -0.3 is 13.6 Å². The van der Waals surface area contributed by atoms with Gasteiger partial charge in [-0.1, -0.05) is 103 Å². The summed E-state index contributed by atoms with van der Waals surface area (Å²) in [5, 5.41) is 7.35. The second kappa shape index (κ2) is 9.35. The van der Waals surface area contributed by atoms with Crippen molar-refractivity contribution in [3.63, 3.8) is 0 Å². The molecule has 10 rings (SSSR count). The van der Waals surface area contributed by atoms with Crippen molar-refractivity contribution in [2.24, 2.45) is 0 Å². The first-order valence-corrected chi connectivity index (χ1v) is 15.6. The fourth-order valence-corrected chi connectivity index (χ4v) is 7.64. The molecule has 6 aromatic carbocycles. The largest absolute Gasteiger partial charge is 0.456 e. The third kappa shape index (κ3) is 3.52. The van der Waals surface area contributed by atoms with E-state index in [1.54, 1.807) is 0 Å². The van der Waals surface area contributed by atoms with Crippen LogP contribution in [-0.2, 0) is 0 Å². The van der Waals surface area contributed by atoms with Crippen LogP contribution in [0, 0.1) is 0 Å². The van der Waals surface area contributed by atoms with Crippen molar-refractivity contribution >= 4 is 65.6 Å². The summed E-state index contributed by atoms with van der Waals surface area (Å²) in [7, 11) is 0. The lowest BCUT2D eigenvalue weighted by atomic mass is 10.0. The number of nitrogens with zero attached hydrogens (tertiary/aromatic N) is 2. The second-order valence-corrected chi connectivity index (χ2v) is 12.1. The summed E-state index contributed by atoms with van der Waals surface area (Å²) >= 11 is 0. The molecule has 1 aliphatic carbocycles. The minimum atomic E-state index is 0.263. The van der Waals surface area contributed by atoms with Crippen LogP contribution < -0.4 is 0 Å². The Hall–Kier alpha value is -5.80. The highest BCUT2D eigenvalue weighted by Crippen LogP contribution is 2.44. The van der Waals surface area contributed by atoms with Crippen molar-refractivity contribution in [3.05, 3.63) is 152 Å². The molecule has 45 heavy (non-hydrogen) atoms. The van der Waals surface area contributed by atoms with Crippen LogP contribution in [-0.4, -0.2) is 9.13 Å². The molecule has 0 amide bonds. The fraction of sp³-hybridized carbons (Fsp3) is 0.0476. The van der Waals surface area contributed by atoms with Crippen LogP contribution in [0.2, 0.25) is 0 Å². The molecule has 0 radical (unpaired) electrons. The quantitative estimate of drug-likeness (QED) is 0.205. The van der Waals surface area contributed by atoms with Gasteiger partial charge in [0.1, 0.15) is 11.2 Å². The number of hydrogen-bond donors (Lipinski definition) is 0. The lowest BCUT2D eigenvalue weighted by Gasteiger charge is -2.18. The fourth-order valence-electron chi connectivity index (χ4n) is 7.64. The molecule has 1 unspecified atom stereocenters. The molecule has 9 aromatic rings. The van der Waals surface area contributed by atoms with Crippen LogP contribution in [0.5, 0.6) is 0 Å². The Bertz CT molecular complexity index is 2680. The molecule has 212 valence electrons. The Morgan fingerprint density at radius 2 is 1.33 bits per heavy atom. The van der Waals surface area contributed by atoms with Crippen LogP contribution in [0.3, 0.4) is 0 Å². The molecule has 0 fully saturated rings. The number of hydrogen-bond acceptors (Lipinski definition) is 1. The van der Waals surface area contributed by atoms with E-state index in [-0.39, 0.29) is 6.04 Å². The molecule has 0 N–H and O–H groups in total. The summed E-state index contributed by atoms with van der Waals surface area (Å²) in [6.45, 7) is 0. The van der Waals surface area contributed by atoms with E-state index in [1.165, 1.54) is 54.7 Å². The van der Waals surface area contributed by atoms with E-state index in [9.17, 15) is 0 Å². The SMILES string of the molecule is C1=CCC(n2c3ccccc3c3cc4c5ccc6oc7ccccc7c6c5n(-c5cccc(-c6ccccc6)c5)c4cc32)C=C1. The van der Waals surface area contributed by atoms with Gasteiger partial charge in [0.05, 0.1) is 28.0 Å². The third-order valence-corrected chi connectivity index (χ3v) is 9.60. The maximum Gasteiger partial charge on any atom is 0.137 e. The summed E-state index contributed by atoms with van der Waals surface area (Å²) in [5.41, 5.74) is 10.3. The lowest BCUT2D eigenvalue weighted by Crippen LogP contribution is -2.06. The first-order chi connectivity index (χ1) is 22.3. The first kappa shape index (κ1) is 24.6. The van der Waals surface area contributed by atoms with Crippen molar-refractivity contribution in [1.82, 2.24) is 9.13 Å². The van der Waals surface area contributed by atoms with Gasteiger partial charge in [-0.3, -0.25) is 0 Å². The molecule has 3 aromatic heterocycles. The van der Waals surface area contributed by atoms with Gasteiger partial charge in [0.15, 0.2) is 0 Å². The zero-order valence-electron chi connectivity index (χ0n) is 24.5. The third-order valence-electron chi connectivity index (χ3n) is 9.60. The van der Waals surface area contributed by atoms with Crippen LogP contribution in [0.15, 0.2) is 156 Å². The number of furan rings is 1. The predicted octanol–water partition coefficient (Wildman–Crippen LogP) is 11.5. The highest BCUT2D eigenvalue weighted by molar-refractivity contribution is 6.26. The van der Waals surface area contributed by atoms with Gasteiger partial charge in [0.2, 0.25) is 0 Å². The highest BCUT2D eigenvalue weighted by atomic mass is 16.3. The summed E-state index contributed by atoms with van der Waals surface area (Å²) < 4.78 is 11.4. The topological polar surface area (TPSA) is 23.0 Å². The number of allylic oxidation sites excluding steroid dienone is 4. The molecule has 1 atom stereocenters. The molecule has 3 heteroatoms. The Labute approximate surface area is 259 Å². The summed E-state index contributed by atoms with van der Waals surface area (Å²) in [5.74, 6) is 0. The Balaban J connectivity index is 1.39. The maximum absolute atomic E-state index is 6.43. The van der Waals surface area contributed by atoms with E-state index in [1.807, 2.05) is 6.07 Å². The van der Waals surface area contributed by atoms with Crippen LogP contribution in [0.4, 0.5) is 0 Å². The second-order valence-electron chi connectivity index (χ2n) is 12.1. The molecule has 0 bridgehead atoms. The number of aromatic nitrogens is 2. The zero-order chi connectivity index (χ0) is 29.5. The van der Waals surface area contributed by atoms with Crippen LogP contribution in [0.1, 0.15) is 12.5 Å². The molecule has 0 aliphatic heterocycles. The van der Waals surface area contributed by atoms with Crippen LogP contribution in [0.25, 0.3) is 82.4 Å². The standard InChI is InChI=1S/C42H28N2O/c1-3-12-27(13-4-1)28-14-11-17-30(24-28)44-38-26-37-34(31-18-7-9-20-36(31)43(37)29-15-5-2-6-16-29)25-35(38)32-22-23-40-41(42(32)44)33-19-8-10-21-39(33)45-40/h1-15,17-26,29H,16H2. The smallest absolute Gasteiger partial charge is 0.137 e. The Kier molecular flexibility index (Phi) is 5.11. The molecular weight excluding hydrogens is 548 g/mol. The molecule has 0 saturated heterocycles. The molecule has 1 aliphatic rings. The lowest BCUT2D eigenvalue weighted by molar-refractivity contribution is 0.648. The average Bonchev–Trinajstić information content (AvgIpc) is 3.75. The van der Waals surface area contributed by atoms with E-state index in [0.29, 0.717) is 0 Å². The summed E-state index contributed by atoms with van der Waals surface area (Å²) in [4.78, 5) is 0. The van der Waals surface area contributed by atoms with E-state index < -0.39 is 0 Å². The van der Waals surface area contributed by atoms with Crippen LogP contribution >= 0.6 is 0 Å². The molecular formula is C42H28N2O. The van der Waals surface area contributed by atoms with E-state index in [2.05, 4.69) is 155 Å². The molecule has 0 saturated carbocycles. The minimum absolute atomic E-state index is 0.263. The van der Waals surface area contributed by atoms with Gasteiger partial charge in [-0.2, -0.15) is 0 Å². The number of benzene rings is 6. The molecule has 3 heterocycles. The maximum atomic E-state index is 6.43. The van der Waals surface area contributed by atoms with Crippen molar-refractivity contribution in [3.8, 4) is 16.8 Å². The van der Waals surface area contributed by atoms with Gasteiger partial charge in [0, 0.05) is 38.1 Å². The zero-order valence-corrected chi connectivity index (χ0v) is 24.5. The molecule has 0 spiro atoms. The van der Waals surface area contributed by atoms with Crippen molar-refractivity contribution in [2.75, 3.05) is 0 Å². The van der Waals surface area contributed by atoms with Gasteiger partial charge in [-0.15, -0.1) is 0 Å². The van der Waals surface area contributed by atoms with E-state index in [0.717, 1.165) is 34.0 Å². The Morgan fingerprint density at radius 1 is 0.533 bits per heavy atom. The van der Waals surface area contributed by atoms with Gasteiger partial charge >= 0.3 is 0 Å². The first-order valence-electron chi connectivity index (χ1n) is 15.6. The normalized spacial score (nSPS) is 15.1. The van der Waals surface area contributed by atoms with E-state index >= 15 is 0 Å². The van der Waals surface area contributed by atoms with Gasteiger partial charge in [0.25, 0.3) is 0 Å². The van der Waals surface area contributed by atoms with E-state index in [4.69, 9.17) is 4.42 Å². The molecule has 3 nitrogen and oxygen atoms in total. The van der Waals surface area contributed by atoms with Crippen molar-refractivity contribution in [1.29, 1.82) is 0 Å². The summed E-state index contributed by atoms with van der Waals surface area (Å²) in [6.07, 6.45) is 9.92. The monoisotopic (exact) mass is 576 g/mol. The van der Waals surface area contributed by atoms with Gasteiger partial charge in [-0.25, -0.2) is 0 Å².